The Bertz CT molecular complexity index is 1150. The Hall–Kier alpha value is -3.31. The van der Waals surface area contributed by atoms with Crippen molar-refractivity contribution in [2.75, 3.05) is 10.6 Å². The fraction of sp³-hybridized carbons (Fsp3) is 0.167. The Balaban J connectivity index is 1.56. The van der Waals surface area contributed by atoms with Crippen LogP contribution in [0.5, 0.6) is 11.5 Å². The molecule has 2 amide bonds. The molecule has 4 rings (SSSR count). The van der Waals surface area contributed by atoms with E-state index in [0.717, 1.165) is 5.56 Å². The van der Waals surface area contributed by atoms with Crippen molar-refractivity contribution in [2.45, 2.75) is 26.2 Å². The first kappa shape index (κ1) is 20.0. The van der Waals surface area contributed by atoms with E-state index in [0.29, 0.717) is 39.0 Å². The van der Waals surface area contributed by atoms with Gasteiger partial charge in [0.15, 0.2) is 5.75 Å². The first-order chi connectivity index (χ1) is 14.2. The second-order valence-electron chi connectivity index (χ2n) is 8.19. The molecule has 0 saturated carbocycles. The Morgan fingerprint density at radius 2 is 1.67 bits per heavy atom. The van der Waals surface area contributed by atoms with Gasteiger partial charge in [0.05, 0.1) is 11.3 Å². The quantitative estimate of drug-likeness (QED) is 0.515. The molecule has 0 radical (unpaired) electrons. The summed E-state index contributed by atoms with van der Waals surface area (Å²) in [5.41, 5.74) is 3.03. The molecule has 1 aliphatic rings. The van der Waals surface area contributed by atoms with Gasteiger partial charge >= 0.3 is 0 Å². The van der Waals surface area contributed by atoms with Gasteiger partial charge in [0.25, 0.3) is 11.8 Å². The molecular formula is C24H21ClN2O3. The lowest BCUT2D eigenvalue weighted by Gasteiger charge is -2.19. The summed E-state index contributed by atoms with van der Waals surface area (Å²) in [6, 6.07) is 17.5. The number of hydrogen-bond acceptors (Lipinski definition) is 3. The van der Waals surface area contributed by atoms with E-state index in [-0.39, 0.29) is 17.2 Å². The minimum absolute atomic E-state index is 0.0151. The third-order valence-electron chi connectivity index (χ3n) is 4.90. The van der Waals surface area contributed by atoms with Gasteiger partial charge in [0, 0.05) is 16.3 Å². The third kappa shape index (κ3) is 4.02. The molecule has 0 atom stereocenters. The molecule has 0 spiro atoms. The minimum atomic E-state index is -0.336. The maximum absolute atomic E-state index is 12.7. The first-order valence-corrected chi connectivity index (χ1v) is 9.93. The van der Waals surface area contributed by atoms with Crippen molar-refractivity contribution in [1.82, 2.24) is 0 Å². The van der Waals surface area contributed by atoms with E-state index in [1.807, 2.05) is 12.1 Å². The van der Waals surface area contributed by atoms with Crippen molar-refractivity contribution in [2.24, 2.45) is 0 Å². The van der Waals surface area contributed by atoms with Gasteiger partial charge in [-0.15, -0.1) is 0 Å². The predicted octanol–water partition coefficient (Wildman–Crippen LogP) is 6.25. The predicted molar refractivity (Wildman–Crippen MR) is 119 cm³/mol. The zero-order chi connectivity index (χ0) is 21.5. The van der Waals surface area contributed by atoms with Gasteiger partial charge in [-0.2, -0.15) is 0 Å². The van der Waals surface area contributed by atoms with Crippen LogP contribution in [0.3, 0.4) is 0 Å². The first-order valence-electron chi connectivity index (χ1n) is 9.55. The van der Waals surface area contributed by atoms with Gasteiger partial charge in [0.1, 0.15) is 5.75 Å². The van der Waals surface area contributed by atoms with Gasteiger partial charge < -0.3 is 15.4 Å². The SMILES string of the molecule is CC(C)(C)c1ccc(C(=O)Nc2ccc3c(c2)C(=O)Nc2cc(Cl)ccc2O3)cc1. The molecule has 152 valence electrons. The van der Waals surface area contributed by atoms with Gasteiger partial charge in [-0.3, -0.25) is 9.59 Å². The van der Waals surface area contributed by atoms with Crippen LogP contribution < -0.4 is 15.4 Å². The Kier molecular flexibility index (Phi) is 5.00. The maximum atomic E-state index is 12.7. The molecule has 3 aromatic rings. The number of anilines is 2. The average Bonchev–Trinajstić information content (AvgIpc) is 2.83. The number of ether oxygens (including phenoxy) is 1. The van der Waals surface area contributed by atoms with Crippen LogP contribution in [0.2, 0.25) is 5.02 Å². The van der Waals surface area contributed by atoms with Gasteiger partial charge in [-0.25, -0.2) is 0 Å². The highest BCUT2D eigenvalue weighted by Crippen LogP contribution is 2.38. The van der Waals surface area contributed by atoms with Gasteiger partial charge in [-0.1, -0.05) is 44.5 Å². The zero-order valence-electron chi connectivity index (χ0n) is 16.9. The second kappa shape index (κ2) is 7.50. The van der Waals surface area contributed by atoms with Crippen molar-refractivity contribution in [1.29, 1.82) is 0 Å². The lowest BCUT2D eigenvalue weighted by Crippen LogP contribution is -2.15. The van der Waals surface area contributed by atoms with E-state index in [1.54, 1.807) is 48.5 Å². The van der Waals surface area contributed by atoms with Crippen LogP contribution in [-0.4, -0.2) is 11.8 Å². The standard InChI is InChI=1S/C24H21ClN2O3/c1-24(2,3)15-6-4-14(5-7-15)22(28)26-17-9-11-20-18(13-17)23(29)27-19-12-16(25)8-10-21(19)30-20/h4-13H,1-3H3,(H,26,28)(H,27,29). The summed E-state index contributed by atoms with van der Waals surface area (Å²) >= 11 is 6.01. The van der Waals surface area contributed by atoms with E-state index in [4.69, 9.17) is 16.3 Å². The molecule has 1 heterocycles. The van der Waals surface area contributed by atoms with Crippen molar-refractivity contribution in [3.63, 3.8) is 0 Å². The van der Waals surface area contributed by atoms with Crippen molar-refractivity contribution in [3.8, 4) is 11.5 Å². The summed E-state index contributed by atoms with van der Waals surface area (Å²) in [5, 5.41) is 6.13. The molecular weight excluding hydrogens is 400 g/mol. The van der Waals surface area contributed by atoms with Crippen LogP contribution in [0.4, 0.5) is 11.4 Å². The van der Waals surface area contributed by atoms with E-state index in [9.17, 15) is 9.59 Å². The van der Waals surface area contributed by atoms with Crippen LogP contribution in [0.25, 0.3) is 0 Å². The van der Waals surface area contributed by atoms with E-state index < -0.39 is 0 Å². The Labute approximate surface area is 180 Å². The summed E-state index contributed by atoms with van der Waals surface area (Å²) in [7, 11) is 0. The molecule has 0 aromatic heterocycles. The number of fused-ring (bicyclic) bond motifs is 2. The summed E-state index contributed by atoms with van der Waals surface area (Å²) in [6.07, 6.45) is 0. The third-order valence-corrected chi connectivity index (χ3v) is 5.14. The number of nitrogens with one attached hydrogen (secondary N) is 2. The van der Waals surface area contributed by atoms with Crippen LogP contribution in [0, 0.1) is 0 Å². The monoisotopic (exact) mass is 420 g/mol. The van der Waals surface area contributed by atoms with Crippen molar-refractivity contribution in [3.05, 3.63) is 82.4 Å². The summed E-state index contributed by atoms with van der Waals surface area (Å²) in [4.78, 5) is 25.3. The Morgan fingerprint density at radius 3 is 2.37 bits per heavy atom. The number of carbonyl (C=O) groups excluding carboxylic acids is 2. The molecule has 0 fully saturated rings. The van der Waals surface area contributed by atoms with Crippen LogP contribution >= 0.6 is 11.6 Å². The molecule has 30 heavy (non-hydrogen) atoms. The molecule has 0 aliphatic carbocycles. The highest BCUT2D eigenvalue weighted by Gasteiger charge is 2.22. The fourth-order valence-electron chi connectivity index (χ4n) is 3.20. The molecule has 0 unspecified atom stereocenters. The summed E-state index contributed by atoms with van der Waals surface area (Å²) in [5.74, 6) is 0.320. The molecule has 6 heteroatoms. The van der Waals surface area contributed by atoms with E-state index in [2.05, 4.69) is 31.4 Å². The zero-order valence-corrected chi connectivity index (χ0v) is 17.6. The van der Waals surface area contributed by atoms with Crippen LogP contribution in [-0.2, 0) is 5.41 Å². The molecule has 0 saturated heterocycles. The lowest BCUT2D eigenvalue weighted by molar-refractivity contribution is 0.101. The number of hydrogen-bond donors (Lipinski definition) is 2. The average molecular weight is 421 g/mol. The molecule has 2 N–H and O–H groups in total. The largest absolute Gasteiger partial charge is 0.454 e. The number of carbonyl (C=O) groups is 2. The number of amides is 2. The highest BCUT2D eigenvalue weighted by atomic mass is 35.5. The van der Waals surface area contributed by atoms with Crippen molar-refractivity contribution >= 4 is 34.8 Å². The number of rotatable bonds is 2. The Morgan fingerprint density at radius 1 is 0.967 bits per heavy atom. The number of halogens is 1. The normalized spacial score (nSPS) is 12.7. The number of benzene rings is 3. The highest BCUT2D eigenvalue weighted by molar-refractivity contribution is 6.31. The van der Waals surface area contributed by atoms with E-state index >= 15 is 0 Å². The lowest BCUT2D eigenvalue weighted by atomic mass is 9.87. The van der Waals surface area contributed by atoms with Gasteiger partial charge in [0.2, 0.25) is 0 Å². The van der Waals surface area contributed by atoms with Crippen LogP contribution in [0.1, 0.15) is 47.1 Å². The summed E-state index contributed by atoms with van der Waals surface area (Å²) in [6.45, 7) is 6.37. The second-order valence-corrected chi connectivity index (χ2v) is 8.63. The molecule has 0 bridgehead atoms. The minimum Gasteiger partial charge on any atom is -0.454 e. The van der Waals surface area contributed by atoms with Crippen LogP contribution in [0.15, 0.2) is 60.7 Å². The fourth-order valence-corrected chi connectivity index (χ4v) is 3.37. The smallest absolute Gasteiger partial charge is 0.259 e. The maximum Gasteiger partial charge on any atom is 0.259 e. The van der Waals surface area contributed by atoms with E-state index in [1.165, 1.54) is 0 Å². The van der Waals surface area contributed by atoms with Crippen molar-refractivity contribution < 1.29 is 14.3 Å². The summed E-state index contributed by atoms with van der Waals surface area (Å²) < 4.78 is 5.86. The molecule has 5 nitrogen and oxygen atoms in total. The topological polar surface area (TPSA) is 67.4 Å². The van der Waals surface area contributed by atoms with Gasteiger partial charge in [-0.05, 0) is 59.5 Å². The molecule has 1 aliphatic heterocycles. The molecule has 3 aromatic carbocycles.